The Morgan fingerprint density at radius 1 is 1.18 bits per heavy atom. The van der Waals surface area contributed by atoms with Crippen molar-refractivity contribution in [3.63, 3.8) is 0 Å². The van der Waals surface area contributed by atoms with E-state index in [1.807, 2.05) is 30.5 Å². The number of benzene rings is 1. The van der Waals surface area contributed by atoms with Gasteiger partial charge in [-0.1, -0.05) is 5.21 Å². The van der Waals surface area contributed by atoms with Gasteiger partial charge < -0.3 is 9.47 Å². The molecular formula is C12H15N3O2. The maximum absolute atomic E-state index is 5.59. The van der Waals surface area contributed by atoms with E-state index in [9.17, 15) is 0 Å². The summed E-state index contributed by atoms with van der Waals surface area (Å²) in [6.07, 6.45) is 4.41. The van der Waals surface area contributed by atoms with E-state index in [-0.39, 0.29) is 0 Å². The molecule has 0 saturated heterocycles. The summed E-state index contributed by atoms with van der Waals surface area (Å²) in [7, 11) is 1.65. The van der Waals surface area contributed by atoms with Crippen LogP contribution in [0.3, 0.4) is 0 Å². The number of hydrogen-bond donors (Lipinski definition) is 0. The van der Waals surface area contributed by atoms with Crippen molar-refractivity contribution < 1.29 is 9.47 Å². The molecule has 5 nitrogen and oxygen atoms in total. The van der Waals surface area contributed by atoms with Crippen molar-refractivity contribution in [3.8, 4) is 11.5 Å². The van der Waals surface area contributed by atoms with Crippen LogP contribution in [0.5, 0.6) is 11.5 Å². The molecule has 0 amide bonds. The van der Waals surface area contributed by atoms with Crippen LogP contribution in [0.25, 0.3) is 0 Å². The van der Waals surface area contributed by atoms with Gasteiger partial charge in [0.1, 0.15) is 11.5 Å². The Hall–Kier alpha value is -2.04. The molecule has 1 aromatic carbocycles. The molecule has 0 fully saturated rings. The van der Waals surface area contributed by atoms with Gasteiger partial charge in [-0.3, -0.25) is 4.68 Å². The van der Waals surface area contributed by atoms with Crippen molar-refractivity contribution in [3.05, 3.63) is 36.7 Å². The van der Waals surface area contributed by atoms with Crippen molar-refractivity contribution >= 4 is 0 Å². The molecule has 0 atom stereocenters. The largest absolute Gasteiger partial charge is 0.497 e. The minimum atomic E-state index is 0.659. The predicted octanol–water partition coefficient (Wildman–Crippen LogP) is 1.76. The van der Waals surface area contributed by atoms with Crippen LogP contribution in [0.2, 0.25) is 0 Å². The van der Waals surface area contributed by atoms with Crippen LogP contribution < -0.4 is 9.47 Å². The Kier molecular flexibility index (Phi) is 3.96. The molecule has 1 heterocycles. The summed E-state index contributed by atoms with van der Waals surface area (Å²) in [5, 5.41) is 7.61. The molecular weight excluding hydrogens is 218 g/mol. The highest BCUT2D eigenvalue weighted by Crippen LogP contribution is 2.16. The molecule has 0 bridgehead atoms. The number of ether oxygens (including phenoxy) is 2. The summed E-state index contributed by atoms with van der Waals surface area (Å²) < 4.78 is 12.4. The standard InChI is InChI=1S/C12H15N3O2/c1-16-11-3-5-12(6-4-11)17-10-2-8-15-9-7-13-14-15/h3-7,9H,2,8,10H2,1H3. The minimum Gasteiger partial charge on any atom is -0.497 e. The van der Waals surface area contributed by atoms with E-state index < -0.39 is 0 Å². The van der Waals surface area contributed by atoms with Crippen LogP contribution in [0.1, 0.15) is 6.42 Å². The average Bonchev–Trinajstić information content (AvgIpc) is 2.88. The molecule has 0 aliphatic heterocycles. The van der Waals surface area contributed by atoms with Crippen LogP contribution in [-0.2, 0) is 6.54 Å². The lowest BCUT2D eigenvalue weighted by molar-refractivity contribution is 0.297. The van der Waals surface area contributed by atoms with E-state index in [1.165, 1.54) is 0 Å². The molecule has 0 N–H and O–H groups in total. The highest BCUT2D eigenvalue weighted by molar-refractivity contribution is 5.31. The Labute approximate surface area is 100.0 Å². The highest BCUT2D eigenvalue weighted by atomic mass is 16.5. The zero-order valence-corrected chi connectivity index (χ0v) is 9.74. The molecule has 1 aromatic heterocycles. The van der Waals surface area contributed by atoms with Gasteiger partial charge in [0.2, 0.25) is 0 Å². The van der Waals surface area contributed by atoms with Gasteiger partial charge in [0, 0.05) is 19.2 Å². The third-order valence-electron chi connectivity index (χ3n) is 2.33. The number of methoxy groups -OCH3 is 1. The quantitative estimate of drug-likeness (QED) is 0.713. The smallest absolute Gasteiger partial charge is 0.119 e. The molecule has 90 valence electrons. The van der Waals surface area contributed by atoms with Gasteiger partial charge in [-0.2, -0.15) is 0 Å². The van der Waals surface area contributed by atoms with Gasteiger partial charge in [0.25, 0.3) is 0 Å². The molecule has 0 aliphatic rings. The molecule has 0 unspecified atom stereocenters. The minimum absolute atomic E-state index is 0.659. The summed E-state index contributed by atoms with van der Waals surface area (Å²) in [6, 6.07) is 7.56. The fourth-order valence-corrected chi connectivity index (χ4v) is 1.44. The third-order valence-corrected chi connectivity index (χ3v) is 2.33. The zero-order valence-electron chi connectivity index (χ0n) is 9.74. The lowest BCUT2D eigenvalue weighted by Crippen LogP contribution is -2.05. The Bertz CT molecular complexity index is 426. The first-order chi connectivity index (χ1) is 8.38. The number of hydrogen-bond acceptors (Lipinski definition) is 4. The monoisotopic (exact) mass is 233 g/mol. The van der Waals surface area contributed by atoms with Crippen molar-refractivity contribution in [2.24, 2.45) is 0 Å². The summed E-state index contributed by atoms with van der Waals surface area (Å²) in [5.41, 5.74) is 0. The first kappa shape index (κ1) is 11.4. The molecule has 17 heavy (non-hydrogen) atoms. The van der Waals surface area contributed by atoms with E-state index in [2.05, 4.69) is 10.3 Å². The van der Waals surface area contributed by atoms with Gasteiger partial charge in [-0.05, 0) is 24.3 Å². The predicted molar refractivity (Wildman–Crippen MR) is 63.1 cm³/mol. The number of aromatic nitrogens is 3. The molecule has 0 spiro atoms. The summed E-state index contributed by atoms with van der Waals surface area (Å²) in [5.74, 6) is 1.68. The van der Waals surface area contributed by atoms with Crippen LogP contribution in [0, 0.1) is 0 Å². The summed E-state index contributed by atoms with van der Waals surface area (Å²) in [4.78, 5) is 0. The average molecular weight is 233 g/mol. The van der Waals surface area contributed by atoms with Gasteiger partial charge >= 0.3 is 0 Å². The maximum Gasteiger partial charge on any atom is 0.119 e. The Balaban J connectivity index is 1.70. The van der Waals surface area contributed by atoms with Crippen LogP contribution >= 0.6 is 0 Å². The lowest BCUT2D eigenvalue weighted by Gasteiger charge is -2.06. The van der Waals surface area contributed by atoms with Crippen molar-refractivity contribution in [1.82, 2.24) is 15.0 Å². The van der Waals surface area contributed by atoms with Gasteiger partial charge in [-0.25, -0.2) is 0 Å². The fourth-order valence-electron chi connectivity index (χ4n) is 1.44. The van der Waals surface area contributed by atoms with E-state index in [1.54, 1.807) is 18.0 Å². The molecule has 2 rings (SSSR count). The number of nitrogens with zero attached hydrogens (tertiary/aromatic N) is 3. The first-order valence-electron chi connectivity index (χ1n) is 5.49. The topological polar surface area (TPSA) is 49.2 Å². The van der Waals surface area contributed by atoms with Gasteiger partial charge in [0.05, 0.1) is 19.9 Å². The molecule has 0 radical (unpaired) electrons. The third kappa shape index (κ3) is 3.48. The highest BCUT2D eigenvalue weighted by Gasteiger charge is 1.96. The van der Waals surface area contributed by atoms with Crippen molar-refractivity contribution in [2.45, 2.75) is 13.0 Å². The van der Waals surface area contributed by atoms with E-state index in [4.69, 9.17) is 9.47 Å². The van der Waals surface area contributed by atoms with E-state index >= 15 is 0 Å². The zero-order chi connectivity index (χ0) is 11.9. The molecule has 0 saturated carbocycles. The molecule has 0 aliphatic carbocycles. The number of rotatable bonds is 6. The Morgan fingerprint density at radius 2 is 1.94 bits per heavy atom. The van der Waals surface area contributed by atoms with Crippen LogP contribution in [0.4, 0.5) is 0 Å². The Morgan fingerprint density at radius 3 is 2.59 bits per heavy atom. The van der Waals surface area contributed by atoms with Crippen LogP contribution in [-0.4, -0.2) is 28.7 Å². The molecule has 5 heteroatoms. The van der Waals surface area contributed by atoms with E-state index in [0.717, 1.165) is 24.5 Å². The van der Waals surface area contributed by atoms with Crippen molar-refractivity contribution in [1.29, 1.82) is 0 Å². The maximum atomic E-state index is 5.59. The summed E-state index contributed by atoms with van der Waals surface area (Å²) >= 11 is 0. The van der Waals surface area contributed by atoms with Gasteiger partial charge in [-0.15, -0.1) is 5.10 Å². The molecule has 2 aromatic rings. The summed E-state index contributed by atoms with van der Waals surface area (Å²) in [6.45, 7) is 1.47. The van der Waals surface area contributed by atoms with Gasteiger partial charge in [0.15, 0.2) is 0 Å². The van der Waals surface area contributed by atoms with E-state index in [0.29, 0.717) is 6.61 Å². The van der Waals surface area contributed by atoms with Crippen molar-refractivity contribution in [2.75, 3.05) is 13.7 Å². The lowest BCUT2D eigenvalue weighted by atomic mass is 10.3. The number of aryl methyl sites for hydroxylation is 1. The SMILES string of the molecule is COc1ccc(OCCCn2ccnn2)cc1. The second-order valence-corrected chi connectivity index (χ2v) is 3.54. The first-order valence-corrected chi connectivity index (χ1v) is 5.49. The van der Waals surface area contributed by atoms with Crippen LogP contribution in [0.15, 0.2) is 36.7 Å². The second kappa shape index (κ2) is 5.89. The fraction of sp³-hybridized carbons (Fsp3) is 0.333. The second-order valence-electron chi connectivity index (χ2n) is 3.54. The normalized spacial score (nSPS) is 10.2.